The Balaban J connectivity index is 1.41. The molecule has 0 heterocycles. The Morgan fingerprint density at radius 3 is 2.23 bits per heavy atom. The zero-order chi connectivity index (χ0) is 31.5. The number of ether oxygens (including phenoxy) is 1. The van der Waals surface area contributed by atoms with Crippen molar-refractivity contribution in [3.05, 3.63) is 124 Å². The first-order valence-electron chi connectivity index (χ1n) is 13.4. The van der Waals surface area contributed by atoms with Gasteiger partial charge in [0.2, 0.25) is 5.91 Å². The minimum absolute atomic E-state index is 0.00658. The molecule has 0 aliphatic heterocycles. The number of amides is 3. The summed E-state index contributed by atoms with van der Waals surface area (Å²) < 4.78 is 5.48. The van der Waals surface area contributed by atoms with Crippen LogP contribution in [0.3, 0.4) is 0 Å². The van der Waals surface area contributed by atoms with Crippen LogP contribution in [0.2, 0.25) is 5.02 Å². The molecule has 0 bridgehead atoms. The summed E-state index contributed by atoms with van der Waals surface area (Å²) in [5, 5.41) is 17.5. The maximum Gasteiger partial charge on any atom is 0.335 e. The lowest BCUT2D eigenvalue weighted by atomic mass is 10.1. The van der Waals surface area contributed by atoms with Crippen LogP contribution in [0.1, 0.15) is 33.2 Å². The highest BCUT2D eigenvalue weighted by atomic mass is 35.5. The number of nitrogens with one attached hydrogen (secondary N) is 3. The van der Waals surface area contributed by atoms with E-state index in [1.807, 2.05) is 6.92 Å². The van der Waals surface area contributed by atoms with Crippen molar-refractivity contribution < 1.29 is 29.0 Å². The number of thioether (sulfide) groups is 1. The van der Waals surface area contributed by atoms with Gasteiger partial charge < -0.3 is 25.8 Å². The molecule has 4 N–H and O–H groups in total. The molecule has 11 heteroatoms. The predicted octanol–water partition coefficient (Wildman–Crippen LogP) is 6.58. The molecule has 3 amide bonds. The summed E-state index contributed by atoms with van der Waals surface area (Å²) >= 11 is 7.33. The van der Waals surface area contributed by atoms with E-state index in [2.05, 4.69) is 16.0 Å². The van der Waals surface area contributed by atoms with Gasteiger partial charge in [-0.3, -0.25) is 14.4 Å². The van der Waals surface area contributed by atoms with Crippen LogP contribution in [-0.2, 0) is 9.59 Å². The van der Waals surface area contributed by atoms with E-state index in [1.54, 1.807) is 84.9 Å². The van der Waals surface area contributed by atoms with Crippen molar-refractivity contribution in [2.24, 2.45) is 0 Å². The molecule has 4 aromatic carbocycles. The third-order valence-corrected chi connectivity index (χ3v) is 7.34. The number of anilines is 2. The molecule has 0 aliphatic rings. The van der Waals surface area contributed by atoms with Gasteiger partial charge in [-0.25, -0.2) is 4.79 Å². The number of hydrogen-bond donors (Lipinski definition) is 4. The topological polar surface area (TPSA) is 134 Å². The molecule has 4 rings (SSSR count). The molecule has 0 atom stereocenters. The fourth-order valence-corrected chi connectivity index (χ4v) is 4.72. The van der Waals surface area contributed by atoms with E-state index in [1.165, 1.54) is 30.0 Å². The average molecular weight is 630 g/mol. The van der Waals surface area contributed by atoms with E-state index >= 15 is 0 Å². The highest BCUT2D eigenvalue weighted by molar-refractivity contribution is 8.00. The van der Waals surface area contributed by atoms with Crippen molar-refractivity contribution in [3.63, 3.8) is 0 Å². The Kier molecular flexibility index (Phi) is 11.2. The van der Waals surface area contributed by atoms with Crippen molar-refractivity contribution in [3.8, 4) is 5.75 Å². The second-order valence-corrected chi connectivity index (χ2v) is 10.7. The van der Waals surface area contributed by atoms with Crippen molar-refractivity contribution in [1.29, 1.82) is 0 Å². The quantitative estimate of drug-likeness (QED) is 0.103. The zero-order valence-electron chi connectivity index (χ0n) is 23.5. The number of halogens is 1. The lowest BCUT2D eigenvalue weighted by Crippen LogP contribution is -2.30. The van der Waals surface area contributed by atoms with E-state index in [4.69, 9.17) is 21.4 Å². The monoisotopic (exact) mass is 629 g/mol. The van der Waals surface area contributed by atoms with E-state index in [0.717, 1.165) is 4.90 Å². The number of hydrogen-bond acceptors (Lipinski definition) is 6. The highest BCUT2D eigenvalue weighted by Crippen LogP contribution is 2.25. The first kappa shape index (κ1) is 31.9. The Bertz CT molecular complexity index is 1680. The van der Waals surface area contributed by atoms with Crippen molar-refractivity contribution in [1.82, 2.24) is 5.32 Å². The number of carboxylic acids is 1. The smallest absolute Gasteiger partial charge is 0.335 e. The second-order valence-electron chi connectivity index (χ2n) is 9.20. The van der Waals surface area contributed by atoms with Gasteiger partial charge in [0.25, 0.3) is 11.8 Å². The minimum Gasteiger partial charge on any atom is -0.494 e. The zero-order valence-corrected chi connectivity index (χ0v) is 25.1. The summed E-state index contributed by atoms with van der Waals surface area (Å²) in [5.74, 6) is -1.72. The van der Waals surface area contributed by atoms with Crippen LogP contribution < -0.4 is 20.7 Å². The minimum atomic E-state index is -1.13. The van der Waals surface area contributed by atoms with Gasteiger partial charge in [-0.15, -0.1) is 11.8 Å². The van der Waals surface area contributed by atoms with Gasteiger partial charge in [-0.05, 0) is 85.3 Å². The van der Waals surface area contributed by atoms with Gasteiger partial charge in [-0.1, -0.05) is 41.9 Å². The Hall–Kier alpha value is -5.06. The molecule has 0 spiro atoms. The molecule has 0 fully saturated rings. The molecular weight excluding hydrogens is 602 g/mol. The van der Waals surface area contributed by atoms with E-state index < -0.39 is 17.8 Å². The number of rotatable bonds is 12. The number of carboxylic acid groups (broad SMARTS) is 1. The largest absolute Gasteiger partial charge is 0.494 e. The summed E-state index contributed by atoms with van der Waals surface area (Å²) in [6.45, 7) is 2.41. The van der Waals surface area contributed by atoms with Gasteiger partial charge >= 0.3 is 5.97 Å². The van der Waals surface area contributed by atoms with Crippen molar-refractivity contribution in [2.75, 3.05) is 23.0 Å². The van der Waals surface area contributed by atoms with Gasteiger partial charge in [0.15, 0.2) is 0 Å². The van der Waals surface area contributed by atoms with Crippen molar-refractivity contribution in [2.45, 2.75) is 11.8 Å². The first-order valence-corrected chi connectivity index (χ1v) is 14.8. The van der Waals surface area contributed by atoms with Crippen LogP contribution in [0.4, 0.5) is 11.4 Å². The summed E-state index contributed by atoms with van der Waals surface area (Å²) in [7, 11) is 0. The lowest BCUT2D eigenvalue weighted by molar-refractivity contribution is -0.114. The van der Waals surface area contributed by atoms with E-state index in [9.17, 15) is 19.2 Å². The van der Waals surface area contributed by atoms with Crippen molar-refractivity contribution >= 4 is 64.5 Å². The Labute approximate surface area is 263 Å². The molecule has 0 aromatic heterocycles. The maximum atomic E-state index is 13.3. The number of carbonyl (C=O) groups is 4. The number of benzene rings is 4. The summed E-state index contributed by atoms with van der Waals surface area (Å²) in [5.41, 5.74) is 1.83. The molecule has 224 valence electrons. The average Bonchev–Trinajstić information content (AvgIpc) is 3.02. The maximum absolute atomic E-state index is 13.3. The molecule has 9 nitrogen and oxygen atoms in total. The molecule has 0 radical (unpaired) electrons. The van der Waals surface area contributed by atoms with Gasteiger partial charge in [0.1, 0.15) is 11.4 Å². The molecule has 4 aromatic rings. The van der Waals surface area contributed by atoms with Gasteiger partial charge in [0, 0.05) is 16.1 Å². The second kappa shape index (κ2) is 15.4. The Morgan fingerprint density at radius 1 is 0.864 bits per heavy atom. The standard InChI is InChI=1S/C33H28ClN3O6S/c1-2-43-25-13-8-21(9-14-25)18-29(37-31(39)22-6-4-3-5-7-22)32(40)35-24-11-15-26(16-12-24)44-20-30(38)36-28-19-23(33(41)42)10-17-27(28)34/h3-19H,2,20H2,1H3,(H,35,40)(H,36,38)(H,37,39)(H,41,42)/b29-18-. The number of aromatic carboxylic acids is 1. The summed E-state index contributed by atoms with van der Waals surface area (Å²) in [6.07, 6.45) is 1.58. The molecule has 0 saturated carbocycles. The van der Waals surface area contributed by atoms with Gasteiger partial charge in [0.05, 0.1) is 28.6 Å². The molecule has 44 heavy (non-hydrogen) atoms. The molecular formula is C33H28ClN3O6S. The number of carbonyl (C=O) groups excluding carboxylic acids is 3. The van der Waals surface area contributed by atoms with Crippen LogP contribution in [0.5, 0.6) is 5.75 Å². The summed E-state index contributed by atoms with van der Waals surface area (Å²) in [6, 6.07) is 26.6. The third-order valence-electron chi connectivity index (χ3n) is 6.00. The molecule has 0 unspecified atom stereocenters. The van der Waals surface area contributed by atoms with Gasteiger partial charge in [-0.2, -0.15) is 0 Å². The lowest BCUT2D eigenvalue weighted by Gasteiger charge is -2.12. The van der Waals surface area contributed by atoms with Crippen LogP contribution >= 0.6 is 23.4 Å². The Morgan fingerprint density at radius 2 is 1.57 bits per heavy atom. The SMILES string of the molecule is CCOc1ccc(/C=C(\NC(=O)c2ccccc2)C(=O)Nc2ccc(SCC(=O)Nc3cc(C(=O)O)ccc3Cl)cc2)cc1. The normalized spacial score (nSPS) is 10.9. The van der Waals surface area contributed by atoms with Crippen LogP contribution in [0.25, 0.3) is 6.08 Å². The fourth-order valence-electron chi connectivity index (χ4n) is 3.86. The van der Waals surface area contributed by atoms with Crippen LogP contribution in [-0.4, -0.2) is 41.2 Å². The first-order chi connectivity index (χ1) is 21.2. The van der Waals surface area contributed by atoms with Crippen LogP contribution in [0.15, 0.2) is 108 Å². The molecule has 0 aliphatic carbocycles. The predicted molar refractivity (Wildman–Crippen MR) is 172 cm³/mol. The summed E-state index contributed by atoms with van der Waals surface area (Å²) in [4.78, 5) is 50.6. The van der Waals surface area contributed by atoms with Crippen LogP contribution in [0, 0.1) is 0 Å². The highest BCUT2D eigenvalue weighted by Gasteiger charge is 2.16. The molecule has 0 saturated heterocycles. The van der Waals surface area contributed by atoms with E-state index in [-0.39, 0.29) is 33.6 Å². The fraction of sp³-hybridized carbons (Fsp3) is 0.0909. The third kappa shape index (κ3) is 9.22. The van der Waals surface area contributed by atoms with E-state index in [0.29, 0.717) is 29.2 Å².